The minimum Gasteiger partial charge on any atom is -0.483 e. The highest BCUT2D eigenvalue weighted by molar-refractivity contribution is 9.10. The predicted molar refractivity (Wildman–Crippen MR) is 87.4 cm³/mol. The van der Waals surface area contributed by atoms with E-state index in [-0.39, 0.29) is 12.5 Å². The van der Waals surface area contributed by atoms with Gasteiger partial charge in [-0.3, -0.25) is 4.79 Å². The third-order valence-corrected chi connectivity index (χ3v) is 4.21. The molecule has 0 radical (unpaired) electrons. The first kappa shape index (κ1) is 16.3. The van der Waals surface area contributed by atoms with Crippen LogP contribution < -0.4 is 15.4 Å². The Balaban J connectivity index is 1.85. The smallest absolute Gasteiger partial charge is 0.258 e. The van der Waals surface area contributed by atoms with Crippen LogP contribution in [0.5, 0.6) is 5.75 Å². The van der Waals surface area contributed by atoms with Crippen molar-refractivity contribution in [3.8, 4) is 5.75 Å². The number of ether oxygens (including phenoxy) is 1. The van der Waals surface area contributed by atoms with Gasteiger partial charge in [-0.15, -0.1) is 0 Å². The molecule has 1 amide bonds. The largest absolute Gasteiger partial charge is 0.483 e. The van der Waals surface area contributed by atoms with Crippen LogP contribution in [0.15, 0.2) is 22.7 Å². The van der Waals surface area contributed by atoms with Gasteiger partial charge in [0.1, 0.15) is 5.75 Å². The van der Waals surface area contributed by atoms with E-state index in [1.54, 1.807) is 0 Å². The Bertz CT molecular complexity index is 473. The van der Waals surface area contributed by atoms with Gasteiger partial charge >= 0.3 is 0 Å². The third kappa shape index (κ3) is 5.32. The molecule has 1 saturated carbocycles. The van der Waals surface area contributed by atoms with Crippen molar-refractivity contribution in [2.75, 3.05) is 13.7 Å². The maximum Gasteiger partial charge on any atom is 0.258 e. The number of carbonyl (C=O) groups excluding carboxylic acids is 1. The van der Waals surface area contributed by atoms with Crippen molar-refractivity contribution in [1.82, 2.24) is 10.6 Å². The normalized spacial score (nSPS) is 15.7. The van der Waals surface area contributed by atoms with Crippen molar-refractivity contribution in [3.63, 3.8) is 0 Å². The average molecular weight is 355 g/mol. The van der Waals surface area contributed by atoms with Gasteiger partial charge in [0.15, 0.2) is 6.61 Å². The maximum atomic E-state index is 12.0. The van der Waals surface area contributed by atoms with Crippen molar-refractivity contribution >= 4 is 21.8 Å². The lowest BCUT2D eigenvalue weighted by Gasteiger charge is -2.22. The number of hydrogen-bond donors (Lipinski definition) is 2. The number of amides is 1. The van der Waals surface area contributed by atoms with E-state index in [1.807, 2.05) is 25.2 Å². The van der Waals surface area contributed by atoms with E-state index < -0.39 is 0 Å². The molecule has 1 aliphatic rings. The molecule has 116 valence electrons. The van der Waals surface area contributed by atoms with Crippen molar-refractivity contribution in [3.05, 3.63) is 28.2 Å². The van der Waals surface area contributed by atoms with Gasteiger partial charge in [-0.25, -0.2) is 0 Å². The second-order valence-electron chi connectivity index (χ2n) is 5.47. The molecule has 4 nitrogen and oxygen atoms in total. The Morgan fingerprint density at radius 2 is 2.10 bits per heavy atom. The van der Waals surface area contributed by atoms with E-state index in [1.165, 1.54) is 19.3 Å². The fraction of sp³-hybridized carbons (Fsp3) is 0.562. The Labute approximate surface area is 134 Å². The van der Waals surface area contributed by atoms with Crippen LogP contribution in [-0.2, 0) is 11.3 Å². The highest BCUT2D eigenvalue weighted by atomic mass is 79.9. The highest BCUT2D eigenvalue weighted by Crippen LogP contribution is 2.23. The number of nitrogens with one attached hydrogen (secondary N) is 2. The number of hydrogen-bond acceptors (Lipinski definition) is 3. The van der Waals surface area contributed by atoms with E-state index in [4.69, 9.17) is 4.74 Å². The molecular formula is C16H23BrN2O2. The molecule has 0 spiro atoms. The summed E-state index contributed by atoms with van der Waals surface area (Å²) in [6, 6.07) is 6.15. The zero-order chi connectivity index (χ0) is 15.1. The molecule has 21 heavy (non-hydrogen) atoms. The van der Waals surface area contributed by atoms with Gasteiger partial charge in [-0.2, -0.15) is 0 Å². The molecule has 0 aromatic heterocycles. The van der Waals surface area contributed by atoms with E-state index in [9.17, 15) is 4.79 Å². The molecule has 0 saturated heterocycles. The molecule has 1 fully saturated rings. The quantitative estimate of drug-likeness (QED) is 0.825. The zero-order valence-corrected chi connectivity index (χ0v) is 14.0. The van der Waals surface area contributed by atoms with Crippen LogP contribution in [0.3, 0.4) is 0 Å². The molecule has 1 aromatic rings. The standard InChI is InChI=1S/C16H23BrN2O2/c1-18-10-12-9-13(17)7-8-15(12)21-11-16(20)19-14-5-3-2-4-6-14/h7-9,14,18H,2-6,10-11H2,1H3,(H,19,20). The van der Waals surface area contributed by atoms with Gasteiger partial charge in [0.05, 0.1) is 0 Å². The number of halogens is 1. The predicted octanol–water partition coefficient (Wildman–Crippen LogP) is 3.00. The van der Waals surface area contributed by atoms with Gasteiger partial charge in [-0.05, 0) is 38.1 Å². The topological polar surface area (TPSA) is 50.4 Å². The fourth-order valence-electron chi connectivity index (χ4n) is 2.68. The summed E-state index contributed by atoms with van der Waals surface area (Å²) in [4.78, 5) is 12.0. The molecule has 0 atom stereocenters. The SMILES string of the molecule is CNCc1cc(Br)ccc1OCC(=O)NC1CCCCC1. The van der Waals surface area contributed by atoms with Gasteiger partial charge in [0, 0.05) is 22.6 Å². The van der Waals surface area contributed by atoms with E-state index in [0.717, 1.165) is 28.6 Å². The zero-order valence-electron chi connectivity index (χ0n) is 12.5. The Morgan fingerprint density at radius 1 is 1.33 bits per heavy atom. The minimum absolute atomic E-state index is 0.0276. The second-order valence-corrected chi connectivity index (χ2v) is 6.39. The first-order chi connectivity index (χ1) is 10.2. The molecule has 2 N–H and O–H groups in total. The second kappa shape index (κ2) is 8.39. The first-order valence-corrected chi connectivity index (χ1v) is 8.33. The number of rotatable bonds is 6. The Morgan fingerprint density at radius 3 is 2.81 bits per heavy atom. The molecule has 0 heterocycles. The summed E-state index contributed by atoms with van der Waals surface area (Å²) >= 11 is 3.45. The molecule has 5 heteroatoms. The minimum atomic E-state index is -0.0276. The van der Waals surface area contributed by atoms with Crippen LogP contribution in [0.2, 0.25) is 0 Å². The maximum absolute atomic E-state index is 12.0. The average Bonchev–Trinajstić information content (AvgIpc) is 2.48. The number of carbonyl (C=O) groups is 1. The first-order valence-electron chi connectivity index (χ1n) is 7.54. The summed E-state index contributed by atoms with van der Waals surface area (Å²) in [5.41, 5.74) is 1.04. The van der Waals surface area contributed by atoms with Gasteiger partial charge < -0.3 is 15.4 Å². The van der Waals surface area contributed by atoms with Crippen LogP contribution in [0, 0.1) is 0 Å². The Hall–Kier alpha value is -1.07. The molecule has 0 aliphatic heterocycles. The van der Waals surface area contributed by atoms with Gasteiger partial charge in [-0.1, -0.05) is 35.2 Å². The highest BCUT2D eigenvalue weighted by Gasteiger charge is 2.16. The lowest BCUT2D eigenvalue weighted by atomic mass is 9.95. The Kier molecular flexibility index (Phi) is 6.51. The summed E-state index contributed by atoms with van der Waals surface area (Å²) in [6.45, 7) is 0.786. The van der Waals surface area contributed by atoms with Gasteiger partial charge in [0.2, 0.25) is 0 Å². The molecule has 0 bridgehead atoms. The van der Waals surface area contributed by atoms with Crippen molar-refractivity contribution in [1.29, 1.82) is 0 Å². The van der Waals surface area contributed by atoms with E-state index in [2.05, 4.69) is 26.6 Å². The molecule has 1 aliphatic carbocycles. The summed E-state index contributed by atoms with van der Waals surface area (Å²) in [5.74, 6) is 0.728. The van der Waals surface area contributed by atoms with Crippen LogP contribution >= 0.6 is 15.9 Å². The molecule has 0 unspecified atom stereocenters. The van der Waals surface area contributed by atoms with E-state index in [0.29, 0.717) is 12.6 Å². The molecule has 2 rings (SSSR count). The molecular weight excluding hydrogens is 332 g/mol. The van der Waals surface area contributed by atoms with Crippen molar-refractivity contribution in [2.45, 2.75) is 44.7 Å². The van der Waals surface area contributed by atoms with Crippen LogP contribution in [-0.4, -0.2) is 25.6 Å². The monoisotopic (exact) mass is 354 g/mol. The summed E-state index contributed by atoms with van der Waals surface area (Å²) < 4.78 is 6.68. The molecule has 1 aromatic carbocycles. The summed E-state index contributed by atoms with van der Waals surface area (Å²) in [5, 5.41) is 6.17. The lowest BCUT2D eigenvalue weighted by molar-refractivity contribution is -0.124. The van der Waals surface area contributed by atoms with Crippen LogP contribution in [0.1, 0.15) is 37.7 Å². The fourth-order valence-corrected chi connectivity index (χ4v) is 3.09. The number of benzene rings is 1. The lowest BCUT2D eigenvalue weighted by Crippen LogP contribution is -2.39. The van der Waals surface area contributed by atoms with Crippen molar-refractivity contribution < 1.29 is 9.53 Å². The summed E-state index contributed by atoms with van der Waals surface area (Å²) in [6.07, 6.45) is 5.90. The van der Waals surface area contributed by atoms with Crippen LogP contribution in [0.4, 0.5) is 0 Å². The van der Waals surface area contributed by atoms with E-state index >= 15 is 0 Å². The third-order valence-electron chi connectivity index (χ3n) is 3.72. The van der Waals surface area contributed by atoms with Crippen LogP contribution in [0.25, 0.3) is 0 Å². The van der Waals surface area contributed by atoms with Gasteiger partial charge in [0.25, 0.3) is 5.91 Å². The van der Waals surface area contributed by atoms with Crippen molar-refractivity contribution in [2.24, 2.45) is 0 Å². The summed E-state index contributed by atoms with van der Waals surface area (Å²) in [7, 11) is 1.89.